The Labute approximate surface area is 167 Å². The van der Waals surface area contributed by atoms with Crippen molar-refractivity contribution in [3.05, 3.63) is 68.8 Å². The Kier molecular flexibility index (Phi) is 5.73. The van der Waals surface area contributed by atoms with Crippen LogP contribution < -0.4 is 0 Å². The molecule has 2 aromatic rings. The fourth-order valence-corrected chi connectivity index (χ4v) is 3.89. The molecule has 0 aliphatic heterocycles. The van der Waals surface area contributed by atoms with Crippen LogP contribution in [0.4, 0.5) is 0 Å². The highest BCUT2D eigenvalue weighted by Gasteiger charge is 2.19. The van der Waals surface area contributed by atoms with Gasteiger partial charge in [0.25, 0.3) is 0 Å². The molecule has 0 heterocycles. The summed E-state index contributed by atoms with van der Waals surface area (Å²) in [5.41, 5.74) is 6.82. The van der Waals surface area contributed by atoms with Gasteiger partial charge in [-0.3, -0.25) is 4.79 Å². The zero-order valence-electron chi connectivity index (χ0n) is 17.1. The van der Waals surface area contributed by atoms with E-state index in [0.29, 0.717) is 11.5 Å². The minimum Gasteiger partial charge on any atom is -0.507 e. The van der Waals surface area contributed by atoms with Crippen molar-refractivity contribution in [1.29, 1.82) is 0 Å². The molecular weight excluding hydrogens is 348 g/mol. The van der Waals surface area contributed by atoms with E-state index in [1.165, 1.54) is 0 Å². The highest BCUT2D eigenvalue weighted by Crippen LogP contribution is 2.30. The number of allylic oxidation sites excluding steroid dienone is 2. The van der Waals surface area contributed by atoms with Crippen LogP contribution in [0.5, 0.6) is 11.5 Å². The van der Waals surface area contributed by atoms with E-state index in [9.17, 15) is 15.0 Å². The SMILES string of the molecule is Cc1cc(/C=C2\CCCC/C(=C\c3cc(C)c(O)c(C)c3)C2=O)cc(C)c1O. The van der Waals surface area contributed by atoms with Gasteiger partial charge in [0.1, 0.15) is 11.5 Å². The average Bonchev–Trinajstić information content (AvgIpc) is 2.80. The molecule has 0 amide bonds. The number of phenolic OH excluding ortho intramolecular Hbond substituents is 2. The van der Waals surface area contributed by atoms with Gasteiger partial charge in [0.2, 0.25) is 0 Å². The number of phenols is 2. The number of aryl methyl sites for hydroxylation is 4. The molecule has 0 spiro atoms. The van der Waals surface area contributed by atoms with Crippen molar-refractivity contribution in [1.82, 2.24) is 0 Å². The van der Waals surface area contributed by atoms with Gasteiger partial charge in [-0.05, 0) is 123 Å². The molecular formula is C25H28O3. The Morgan fingerprint density at radius 2 is 1.00 bits per heavy atom. The Morgan fingerprint density at radius 1 is 0.679 bits per heavy atom. The van der Waals surface area contributed by atoms with Gasteiger partial charge < -0.3 is 10.2 Å². The monoisotopic (exact) mass is 376 g/mol. The van der Waals surface area contributed by atoms with Crippen LogP contribution >= 0.6 is 0 Å². The minimum absolute atomic E-state index is 0.101. The fourth-order valence-electron chi connectivity index (χ4n) is 3.89. The van der Waals surface area contributed by atoms with E-state index in [2.05, 4.69) is 0 Å². The lowest BCUT2D eigenvalue weighted by Gasteiger charge is -2.09. The second kappa shape index (κ2) is 8.05. The maximum atomic E-state index is 13.2. The van der Waals surface area contributed by atoms with E-state index >= 15 is 0 Å². The first-order valence-corrected chi connectivity index (χ1v) is 9.82. The number of aromatic hydroxyl groups is 2. The molecule has 0 unspecified atom stereocenters. The van der Waals surface area contributed by atoms with Gasteiger partial charge in [0.05, 0.1) is 0 Å². The summed E-state index contributed by atoms with van der Waals surface area (Å²) in [6, 6.07) is 7.68. The zero-order chi connectivity index (χ0) is 20.4. The molecule has 0 radical (unpaired) electrons. The molecule has 1 saturated carbocycles. The fraction of sp³-hybridized carbons (Fsp3) is 0.320. The molecule has 0 aromatic heterocycles. The van der Waals surface area contributed by atoms with Crippen molar-refractivity contribution in [2.75, 3.05) is 0 Å². The zero-order valence-corrected chi connectivity index (χ0v) is 17.1. The van der Waals surface area contributed by atoms with Crippen LogP contribution in [0.25, 0.3) is 12.2 Å². The van der Waals surface area contributed by atoms with Gasteiger partial charge in [-0.2, -0.15) is 0 Å². The number of ketones is 1. The summed E-state index contributed by atoms with van der Waals surface area (Å²) in [5, 5.41) is 20.0. The van der Waals surface area contributed by atoms with Crippen LogP contribution in [0.15, 0.2) is 35.4 Å². The maximum Gasteiger partial charge on any atom is 0.185 e. The summed E-state index contributed by atoms with van der Waals surface area (Å²) < 4.78 is 0. The third kappa shape index (κ3) is 4.19. The molecule has 28 heavy (non-hydrogen) atoms. The Bertz CT molecular complexity index is 867. The van der Waals surface area contributed by atoms with Gasteiger partial charge in [0.15, 0.2) is 5.78 Å². The summed E-state index contributed by atoms with van der Waals surface area (Å²) in [7, 11) is 0. The first-order valence-electron chi connectivity index (χ1n) is 9.82. The van der Waals surface area contributed by atoms with Gasteiger partial charge in [-0.25, -0.2) is 0 Å². The van der Waals surface area contributed by atoms with E-state index < -0.39 is 0 Å². The maximum absolute atomic E-state index is 13.2. The molecule has 0 atom stereocenters. The van der Waals surface area contributed by atoms with Crippen molar-refractivity contribution < 1.29 is 15.0 Å². The number of carbonyl (C=O) groups is 1. The minimum atomic E-state index is 0.101. The molecule has 146 valence electrons. The molecule has 2 N–H and O–H groups in total. The predicted octanol–water partition coefficient (Wildman–Crippen LogP) is 5.94. The molecule has 1 aliphatic carbocycles. The summed E-state index contributed by atoms with van der Waals surface area (Å²) in [6.45, 7) is 7.50. The molecule has 0 saturated heterocycles. The quantitative estimate of drug-likeness (QED) is 0.503. The number of rotatable bonds is 2. The normalized spacial score (nSPS) is 17.9. The number of Topliss-reactive ketones (excluding diaryl/α,β-unsaturated/α-hetero) is 1. The largest absolute Gasteiger partial charge is 0.507 e. The standard InChI is InChI=1S/C25H28O3/c1-15-9-19(10-16(2)23(15)26)13-21-7-5-6-8-22(25(21)28)14-20-11-17(3)24(27)18(4)12-20/h9-14,26-27H,5-8H2,1-4H3/b21-13+,22-14+. The van der Waals surface area contributed by atoms with Crippen molar-refractivity contribution in [3.8, 4) is 11.5 Å². The lowest BCUT2D eigenvalue weighted by molar-refractivity contribution is -0.112. The number of benzene rings is 2. The van der Waals surface area contributed by atoms with Crippen LogP contribution in [0.1, 0.15) is 59.1 Å². The topological polar surface area (TPSA) is 57.5 Å². The van der Waals surface area contributed by atoms with Gasteiger partial charge in [-0.15, -0.1) is 0 Å². The van der Waals surface area contributed by atoms with Crippen molar-refractivity contribution in [3.63, 3.8) is 0 Å². The third-order valence-electron chi connectivity index (χ3n) is 5.43. The lowest BCUT2D eigenvalue weighted by atomic mass is 9.96. The smallest absolute Gasteiger partial charge is 0.185 e. The third-order valence-corrected chi connectivity index (χ3v) is 5.43. The molecule has 3 rings (SSSR count). The summed E-state index contributed by atoms with van der Waals surface area (Å²) in [4.78, 5) is 13.2. The van der Waals surface area contributed by atoms with Crippen molar-refractivity contribution in [2.24, 2.45) is 0 Å². The van der Waals surface area contributed by atoms with Crippen LogP contribution in [-0.2, 0) is 4.79 Å². The van der Waals surface area contributed by atoms with E-state index in [1.807, 2.05) is 64.1 Å². The first-order chi connectivity index (χ1) is 13.3. The summed E-state index contributed by atoms with van der Waals surface area (Å²) >= 11 is 0. The highest BCUT2D eigenvalue weighted by molar-refractivity contribution is 6.13. The number of carbonyl (C=O) groups excluding carboxylic acids is 1. The lowest BCUT2D eigenvalue weighted by Crippen LogP contribution is -2.04. The average molecular weight is 376 g/mol. The van der Waals surface area contributed by atoms with Crippen LogP contribution in [-0.4, -0.2) is 16.0 Å². The van der Waals surface area contributed by atoms with E-state index in [1.54, 1.807) is 0 Å². The van der Waals surface area contributed by atoms with Crippen molar-refractivity contribution >= 4 is 17.9 Å². The van der Waals surface area contributed by atoms with Crippen LogP contribution in [0.2, 0.25) is 0 Å². The van der Waals surface area contributed by atoms with Gasteiger partial charge in [-0.1, -0.05) is 0 Å². The Hall–Kier alpha value is -2.81. The predicted molar refractivity (Wildman–Crippen MR) is 115 cm³/mol. The number of hydrogen-bond donors (Lipinski definition) is 2. The van der Waals surface area contributed by atoms with E-state index in [0.717, 1.165) is 70.2 Å². The van der Waals surface area contributed by atoms with Gasteiger partial charge in [0, 0.05) is 11.1 Å². The molecule has 3 nitrogen and oxygen atoms in total. The molecule has 0 bridgehead atoms. The van der Waals surface area contributed by atoms with Crippen molar-refractivity contribution in [2.45, 2.75) is 53.4 Å². The van der Waals surface area contributed by atoms with E-state index in [4.69, 9.17) is 0 Å². The number of hydrogen-bond acceptors (Lipinski definition) is 3. The highest BCUT2D eigenvalue weighted by atomic mass is 16.3. The molecule has 3 heteroatoms. The van der Waals surface area contributed by atoms with E-state index in [-0.39, 0.29) is 5.78 Å². The van der Waals surface area contributed by atoms with Gasteiger partial charge >= 0.3 is 0 Å². The Balaban J connectivity index is 1.98. The van der Waals surface area contributed by atoms with Crippen LogP contribution in [0.3, 0.4) is 0 Å². The Morgan fingerprint density at radius 3 is 1.32 bits per heavy atom. The second-order valence-electron chi connectivity index (χ2n) is 7.88. The van der Waals surface area contributed by atoms with Crippen LogP contribution in [0, 0.1) is 27.7 Å². The second-order valence-corrected chi connectivity index (χ2v) is 7.88. The first kappa shape index (κ1) is 19.9. The molecule has 1 aliphatic rings. The summed E-state index contributed by atoms with van der Waals surface area (Å²) in [5.74, 6) is 0.727. The summed E-state index contributed by atoms with van der Waals surface area (Å²) in [6.07, 6.45) is 7.44. The molecule has 2 aromatic carbocycles. The molecule has 1 fully saturated rings.